The predicted octanol–water partition coefficient (Wildman–Crippen LogP) is 5.42. The first-order chi connectivity index (χ1) is 15.0. The Morgan fingerprint density at radius 3 is 2.74 bits per heavy atom. The largest absolute Gasteiger partial charge is 0.291 e. The lowest BCUT2D eigenvalue weighted by atomic mass is 10.1. The van der Waals surface area contributed by atoms with E-state index >= 15 is 0 Å². The van der Waals surface area contributed by atoms with E-state index in [1.807, 2.05) is 48.1 Å². The van der Waals surface area contributed by atoms with Crippen LogP contribution in [0.15, 0.2) is 59.2 Å². The summed E-state index contributed by atoms with van der Waals surface area (Å²) < 4.78 is 1.98. The van der Waals surface area contributed by atoms with E-state index in [1.54, 1.807) is 18.1 Å². The van der Waals surface area contributed by atoms with Crippen molar-refractivity contribution in [3.8, 4) is 17.1 Å². The second-order valence-corrected chi connectivity index (χ2v) is 9.19. The Hall–Kier alpha value is -2.68. The van der Waals surface area contributed by atoms with Gasteiger partial charge in [0.05, 0.1) is 16.5 Å². The monoisotopic (exact) mass is 469 g/mol. The highest BCUT2D eigenvalue weighted by Crippen LogP contribution is 2.33. The summed E-state index contributed by atoms with van der Waals surface area (Å²) in [6, 6.07) is 13.8. The van der Waals surface area contributed by atoms with Crippen LogP contribution in [0.3, 0.4) is 0 Å². The van der Waals surface area contributed by atoms with Crippen LogP contribution in [0, 0.1) is 13.8 Å². The fourth-order valence-electron chi connectivity index (χ4n) is 3.07. The summed E-state index contributed by atoms with van der Waals surface area (Å²) in [5.74, 6) is 0.791. The number of nitrogens with zero attached hydrogens (tertiary/aromatic N) is 5. The molecule has 0 aliphatic heterocycles. The van der Waals surface area contributed by atoms with Gasteiger partial charge in [-0.1, -0.05) is 47.6 Å². The summed E-state index contributed by atoms with van der Waals surface area (Å²) in [7, 11) is 1.73. The zero-order chi connectivity index (χ0) is 22.0. The molecule has 0 saturated heterocycles. The number of carbonyl (C=O) groups excluding carboxylic acids is 1. The highest BCUT2D eigenvalue weighted by molar-refractivity contribution is 7.99. The molecule has 2 heterocycles. The summed E-state index contributed by atoms with van der Waals surface area (Å²) in [5.41, 5.74) is 3.94. The van der Waals surface area contributed by atoms with Gasteiger partial charge < -0.3 is 0 Å². The molecule has 0 bridgehead atoms. The molecular formula is C22H20ClN5OS2. The van der Waals surface area contributed by atoms with Gasteiger partial charge in [0.25, 0.3) is 0 Å². The predicted molar refractivity (Wildman–Crippen MR) is 128 cm³/mol. The number of thiazole rings is 1. The summed E-state index contributed by atoms with van der Waals surface area (Å²) in [6.07, 6.45) is 1.68. The zero-order valence-electron chi connectivity index (χ0n) is 17.2. The molecule has 9 heteroatoms. The second-order valence-electron chi connectivity index (χ2n) is 6.97. The summed E-state index contributed by atoms with van der Waals surface area (Å²) in [4.78, 5) is 18.5. The van der Waals surface area contributed by atoms with Crippen molar-refractivity contribution in [1.29, 1.82) is 0 Å². The van der Waals surface area contributed by atoms with Crippen LogP contribution in [-0.2, 0) is 4.79 Å². The average molecular weight is 470 g/mol. The van der Waals surface area contributed by atoms with E-state index in [9.17, 15) is 4.79 Å². The Morgan fingerprint density at radius 1 is 1.19 bits per heavy atom. The summed E-state index contributed by atoms with van der Waals surface area (Å²) in [5, 5.41) is 12.6. The normalized spacial score (nSPS) is 11.0. The lowest BCUT2D eigenvalue weighted by Crippen LogP contribution is -2.27. The maximum atomic E-state index is 12.7. The van der Waals surface area contributed by atoms with Crippen molar-refractivity contribution in [2.24, 2.45) is 0 Å². The number of rotatable bonds is 6. The molecule has 0 spiro atoms. The minimum absolute atomic E-state index is 0.0604. The number of anilines is 1. The third kappa shape index (κ3) is 4.51. The highest BCUT2D eigenvalue weighted by Gasteiger charge is 2.21. The molecule has 158 valence electrons. The summed E-state index contributed by atoms with van der Waals surface area (Å²) >= 11 is 9.24. The molecule has 0 N–H and O–H groups in total. The van der Waals surface area contributed by atoms with Crippen molar-refractivity contribution in [3.05, 3.63) is 70.2 Å². The molecule has 0 fully saturated rings. The third-order valence-corrected chi connectivity index (χ3v) is 6.85. The number of aromatic nitrogens is 4. The van der Waals surface area contributed by atoms with Crippen LogP contribution in [0.1, 0.15) is 11.1 Å². The van der Waals surface area contributed by atoms with Gasteiger partial charge in [-0.2, -0.15) is 0 Å². The van der Waals surface area contributed by atoms with Crippen molar-refractivity contribution in [2.75, 3.05) is 17.7 Å². The Balaban J connectivity index is 1.72. The molecule has 4 aromatic rings. The SMILES string of the molecule is Cc1ccc(C)c(-n2c(SCC(=O)N(C)c3nccs3)nnc2-c2ccccc2Cl)c1. The fraction of sp³-hybridized carbons (Fsp3) is 0.182. The first-order valence-corrected chi connectivity index (χ1v) is 11.8. The molecule has 31 heavy (non-hydrogen) atoms. The van der Waals surface area contributed by atoms with E-state index in [1.165, 1.54) is 23.1 Å². The third-order valence-electron chi connectivity index (χ3n) is 4.76. The average Bonchev–Trinajstić information content (AvgIpc) is 3.44. The van der Waals surface area contributed by atoms with Crippen molar-refractivity contribution >= 4 is 45.7 Å². The first kappa shape index (κ1) is 21.5. The number of benzene rings is 2. The van der Waals surface area contributed by atoms with Crippen LogP contribution >= 0.6 is 34.7 Å². The molecule has 0 atom stereocenters. The number of halogens is 1. The van der Waals surface area contributed by atoms with Crippen molar-refractivity contribution in [1.82, 2.24) is 19.7 Å². The van der Waals surface area contributed by atoms with E-state index in [0.717, 1.165) is 22.4 Å². The smallest absolute Gasteiger partial charge is 0.238 e. The molecule has 6 nitrogen and oxygen atoms in total. The maximum Gasteiger partial charge on any atom is 0.238 e. The Morgan fingerprint density at radius 2 is 2.00 bits per heavy atom. The standard InChI is InChI=1S/C22H20ClN5OS2/c1-14-8-9-15(2)18(12-14)28-20(16-6-4-5-7-17(16)23)25-26-22(28)31-13-19(29)27(3)21-24-10-11-30-21/h4-12H,13H2,1-3H3. The van der Waals surface area contributed by atoms with Crippen LogP contribution in [0.4, 0.5) is 5.13 Å². The van der Waals surface area contributed by atoms with Crippen LogP contribution in [0.5, 0.6) is 0 Å². The minimum Gasteiger partial charge on any atom is -0.291 e. The molecule has 2 aromatic carbocycles. The van der Waals surface area contributed by atoms with Crippen LogP contribution in [0.25, 0.3) is 17.1 Å². The van der Waals surface area contributed by atoms with Crippen molar-refractivity contribution < 1.29 is 4.79 Å². The number of thioether (sulfide) groups is 1. The molecule has 2 aromatic heterocycles. The van der Waals surface area contributed by atoms with Gasteiger partial charge in [-0.3, -0.25) is 14.3 Å². The number of amides is 1. The van der Waals surface area contributed by atoms with Gasteiger partial charge in [-0.05, 0) is 43.2 Å². The molecule has 0 saturated carbocycles. The number of hydrogen-bond donors (Lipinski definition) is 0. The van der Waals surface area contributed by atoms with E-state index < -0.39 is 0 Å². The van der Waals surface area contributed by atoms with Gasteiger partial charge in [0, 0.05) is 24.2 Å². The Labute approximate surface area is 193 Å². The van der Waals surface area contributed by atoms with Crippen LogP contribution < -0.4 is 4.90 Å². The quantitative estimate of drug-likeness (QED) is 0.353. The molecule has 0 unspecified atom stereocenters. The van der Waals surface area contributed by atoms with Gasteiger partial charge in [-0.25, -0.2) is 4.98 Å². The van der Waals surface area contributed by atoms with Gasteiger partial charge in [0.1, 0.15) is 0 Å². The zero-order valence-corrected chi connectivity index (χ0v) is 19.6. The van der Waals surface area contributed by atoms with Crippen LogP contribution in [0.2, 0.25) is 5.02 Å². The number of carbonyl (C=O) groups is 1. The molecular weight excluding hydrogens is 450 g/mol. The van der Waals surface area contributed by atoms with E-state index in [-0.39, 0.29) is 11.7 Å². The lowest BCUT2D eigenvalue weighted by Gasteiger charge is -2.16. The van der Waals surface area contributed by atoms with Crippen molar-refractivity contribution in [2.45, 2.75) is 19.0 Å². The van der Waals surface area contributed by atoms with E-state index in [2.05, 4.69) is 33.4 Å². The van der Waals surface area contributed by atoms with Crippen molar-refractivity contribution in [3.63, 3.8) is 0 Å². The Kier molecular flexibility index (Phi) is 6.41. The molecule has 0 aliphatic rings. The van der Waals surface area contributed by atoms with Gasteiger partial charge in [0.2, 0.25) is 5.91 Å². The fourth-order valence-corrected chi connectivity index (χ4v) is 4.77. The number of hydrogen-bond acceptors (Lipinski definition) is 6. The molecule has 0 radical (unpaired) electrons. The Bertz CT molecular complexity index is 1220. The highest BCUT2D eigenvalue weighted by atomic mass is 35.5. The first-order valence-electron chi connectivity index (χ1n) is 9.52. The van der Waals surface area contributed by atoms with Crippen LogP contribution in [-0.4, -0.2) is 38.5 Å². The number of aryl methyl sites for hydroxylation is 2. The van der Waals surface area contributed by atoms with E-state index in [4.69, 9.17) is 11.6 Å². The van der Waals surface area contributed by atoms with Gasteiger partial charge in [0.15, 0.2) is 16.1 Å². The maximum absolute atomic E-state index is 12.7. The van der Waals surface area contributed by atoms with Gasteiger partial charge >= 0.3 is 0 Å². The molecule has 0 aliphatic carbocycles. The topological polar surface area (TPSA) is 63.9 Å². The molecule has 1 amide bonds. The summed E-state index contributed by atoms with van der Waals surface area (Å²) in [6.45, 7) is 4.09. The van der Waals surface area contributed by atoms with E-state index in [0.29, 0.717) is 21.1 Å². The lowest BCUT2D eigenvalue weighted by molar-refractivity contribution is -0.115. The second kappa shape index (κ2) is 9.21. The molecule has 4 rings (SSSR count). The minimum atomic E-state index is -0.0604. The van der Waals surface area contributed by atoms with Gasteiger partial charge in [-0.15, -0.1) is 21.5 Å².